The number of Topliss-reactive ketones (excluding diaryl/α,β-unsaturated/α-hetero) is 1. The highest BCUT2D eigenvalue weighted by molar-refractivity contribution is 5.86. The fourth-order valence-electron chi connectivity index (χ4n) is 5.12. The summed E-state index contributed by atoms with van der Waals surface area (Å²) in [4.78, 5) is 44.2. The number of nitrogens with zero attached hydrogens (tertiary/aromatic N) is 3. The molecule has 12 heteroatoms. The van der Waals surface area contributed by atoms with Crippen LogP contribution in [-0.4, -0.2) is 63.8 Å². The van der Waals surface area contributed by atoms with Gasteiger partial charge in [-0.15, -0.1) is 14.8 Å². The zero-order chi connectivity index (χ0) is 29.6. The highest BCUT2D eigenvalue weighted by Crippen LogP contribution is 2.29. The van der Waals surface area contributed by atoms with E-state index in [0.29, 0.717) is 30.9 Å². The smallest absolute Gasteiger partial charge is 0.346 e. The summed E-state index contributed by atoms with van der Waals surface area (Å²) in [5, 5.41) is 13.7. The number of hydrogen-bond donors (Lipinski definition) is 2. The van der Waals surface area contributed by atoms with Crippen LogP contribution in [-0.2, 0) is 19.2 Å². The third-order valence-electron chi connectivity index (χ3n) is 7.48. The minimum atomic E-state index is -5.11. The van der Waals surface area contributed by atoms with Crippen LogP contribution in [0.3, 0.4) is 0 Å². The van der Waals surface area contributed by atoms with Gasteiger partial charge in [0.05, 0.1) is 12.0 Å². The standard InChI is InChI=1S/C29H34F3N5O4/c1-3-23(38)11-5-4-6-12-24(33-27(39)22-15-16-37(2,18-22)41-28(40)29(30,31)32)26-34-25(35-36-26)21-14-13-19-9-7-8-10-20(19)17-21/h7-10,13-14,17,22,24H,3-6,11-12,15-16,18H2,1-2H3,(H-,33,34,35,36,39)/p+1/t22-,24-,37?/m0/s1. The van der Waals surface area contributed by atoms with Crippen LogP contribution in [0.15, 0.2) is 42.5 Å². The Labute approximate surface area is 236 Å². The maximum atomic E-state index is 13.2. The number of H-pyrrole nitrogens is 1. The Kier molecular flexibility index (Phi) is 9.42. The van der Waals surface area contributed by atoms with Crippen molar-refractivity contribution in [2.45, 2.75) is 64.1 Å². The molecule has 4 rings (SSSR count). The van der Waals surface area contributed by atoms with E-state index >= 15 is 0 Å². The number of rotatable bonds is 12. The first-order chi connectivity index (χ1) is 19.5. The first-order valence-corrected chi connectivity index (χ1v) is 13.9. The maximum Gasteiger partial charge on any atom is 0.497 e. The Morgan fingerprint density at radius 1 is 1.10 bits per heavy atom. The second-order valence-electron chi connectivity index (χ2n) is 10.7. The van der Waals surface area contributed by atoms with E-state index in [1.807, 2.05) is 49.4 Å². The van der Waals surface area contributed by atoms with Gasteiger partial charge in [0.1, 0.15) is 25.9 Å². The summed E-state index contributed by atoms with van der Waals surface area (Å²) in [6.45, 7) is 1.85. The second kappa shape index (κ2) is 12.8. The summed E-state index contributed by atoms with van der Waals surface area (Å²) in [6.07, 6.45) is -1.05. The second-order valence-corrected chi connectivity index (χ2v) is 10.7. The zero-order valence-electron chi connectivity index (χ0n) is 23.2. The molecule has 0 aliphatic carbocycles. The fourth-order valence-corrected chi connectivity index (χ4v) is 5.12. The third-order valence-corrected chi connectivity index (χ3v) is 7.48. The molecular formula is C29H35F3N5O4+. The molecule has 0 spiro atoms. The summed E-state index contributed by atoms with van der Waals surface area (Å²) < 4.78 is 37.6. The number of hydroxylamine groups is 3. The number of likely N-dealkylation sites (tertiary alicyclic amines) is 1. The van der Waals surface area contributed by atoms with Gasteiger partial charge >= 0.3 is 12.1 Å². The van der Waals surface area contributed by atoms with Crippen LogP contribution in [0.5, 0.6) is 0 Å². The lowest BCUT2D eigenvalue weighted by atomic mass is 10.0. The Morgan fingerprint density at radius 2 is 1.85 bits per heavy atom. The molecule has 1 aliphatic rings. The van der Waals surface area contributed by atoms with E-state index in [2.05, 4.69) is 25.3 Å². The van der Waals surface area contributed by atoms with Crippen LogP contribution in [0.4, 0.5) is 13.2 Å². The highest BCUT2D eigenvalue weighted by Gasteiger charge is 2.50. The number of quaternary nitrogens is 1. The van der Waals surface area contributed by atoms with Crippen molar-refractivity contribution in [3.8, 4) is 11.4 Å². The summed E-state index contributed by atoms with van der Waals surface area (Å²) >= 11 is 0. The van der Waals surface area contributed by atoms with Crippen LogP contribution in [0, 0.1) is 5.92 Å². The van der Waals surface area contributed by atoms with E-state index in [9.17, 15) is 27.6 Å². The number of aromatic nitrogens is 3. The van der Waals surface area contributed by atoms with Gasteiger partial charge in [0.15, 0.2) is 11.6 Å². The number of amides is 1. The molecule has 9 nitrogen and oxygen atoms in total. The van der Waals surface area contributed by atoms with E-state index in [-0.39, 0.29) is 31.2 Å². The Hall–Kier alpha value is -3.80. The number of carbonyl (C=O) groups is 3. The molecule has 2 heterocycles. The molecule has 1 aliphatic heterocycles. The van der Waals surface area contributed by atoms with Gasteiger partial charge in [-0.1, -0.05) is 56.2 Å². The minimum Gasteiger partial charge on any atom is -0.346 e. The largest absolute Gasteiger partial charge is 0.497 e. The van der Waals surface area contributed by atoms with Crippen molar-refractivity contribution in [1.82, 2.24) is 20.5 Å². The van der Waals surface area contributed by atoms with Crippen molar-refractivity contribution < 1.29 is 37.0 Å². The van der Waals surface area contributed by atoms with E-state index in [1.165, 1.54) is 7.05 Å². The average molecular weight is 575 g/mol. The number of unbranched alkanes of at least 4 members (excludes halogenated alkanes) is 2. The SMILES string of the molecule is CCC(=O)CCCCC[C@H](NC(=O)[C@H]1CC[N+](C)(OC(=O)C(F)(F)F)C1)c1nnc(-c2ccc3ccccc3c2)[nH]1. The van der Waals surface area contributed by atoms with Gasteiger partial charge in [0.25, 0.3) is 0 Å². The highest BCUT2D eigenvalue weighted by atomic mass is 19.4. The quantitative estimate of drug-likeness (QED) is 0.227. The number of benzene rings is 2. The zero-order valence-corrected chi connectivity index (χ0v) is 23.2. The molecule has 1 amide bonds. The number of carbonyl (C=O) groups excluding carboxylic acids is 3. The Balaban J connectivity index is 1.45. The first kappa shape index (κ1) is 30.2. The molecule has 1 unspecified atom stereocenters. The number of halogens is 3. The van der Waals surface area contributed by atoms with Gasteiger partial charge in [-0.25, -0.2) is 4.79 Å². The van der Waals surface area contributed by atoms with Gasteiger partial charge < -0.3 is 10.3 Å². The monoisotopic (exact) mass is 574 g/mol. The normalized spacial score (nSPS) is 19.7. The predicted molar refractivity (Wildman–Crippen MR) is 145 cm³/mol. The number of nitrogens with one attached hydrogen (secondary N) is 2. The van der Waals surface area contributed by atoms with Crippen LogP contribution < -0.4 is 5.32 Å². The van der Waals surface area contributed by atoms with Crippen LogP contribution >= 0.6 is 0 Å². The molecule has 0 radical (unpaired) electrons. The summed E-state index contributed by atoms with van der Waals surface area (Å²) in [7, 11) is 1.36. The van der Waals surface area contributed by atoms with Crippen molar-refractivity contribution in [2.75, 3.05) is 20.1 Å². The molecule has 1 saturated heterocycles. The molecule has 41 heavy (non-hydrogen) atoms. The van der Waals surface area contributed by atoms with Gasteiger partial charge in [-0.2, -0.15) is 13.2 Å². The Bertz CT molecular complexity index is 1390. The molecule has 1 fully saturated rings. The molecule has 2 N–H and O–H groups in total. The summed E-state index contributed by atoms with van der Waals surface area (Å²) in [5.41, 5.74) is 0.834. The van der Waals surface area contributed by atoms with Crippen molar-refractivity contribution >= 4 is 28.4 Å². The number of ketones is 1. The van der Waals surface area contributed by atoms with Crippen molar-refractivity contribution in [3.05, 3.63) is 48.3 Å². The van der Waals surface area contributed by atoms with E-state index < -0.39 is 28.8 Å². The van der Waals surface area contributed by atoms with Gasteiger partial charge in [0.2, 0.25) is 5.91 Å². The summed E-state index contributed by atoms with van der Waals surface area (Å²) in [5.74, 6) is -2.06. The topological polar surface area (TPSA) is 114 Å². The molecule has 1 aromatic heterocycles. The lowest BCUT2D eigenvalue weighted by Gasteiger charge is -2.26. The maximum absolute atomic E-state index is 13.2. The van der Waals surface area contributed by atoms with E-state index in [0.717, 1.165) is 35.6 Å². The molecule has 2 aromatic carbocycles. The molecule has 0 saturated carbocycles. The van der Waals surface area contributed by atoms with Gasteiger partial charge in [-0.05, 0) is 29.7 Å². The van der Waals surface area contributed by atoms with E-state index in [1.54, 1.807) is 0 Å². The number of alkyl halides is 3. The van der Waals surface area contributed by atoms with Crippen molar-refractivity contribution in [1.29, 1.82) is 0 Å². The van der Waals surface area contributed by atoms with Crippen LogP contribution in [0.2, 0.25) is 0 Å². The van der Waals surface area contributed by atoms with E-state index in [4.69, 9.17) is 0 Å². The van der Waals surface area contributed by atoms with Crippen LogP contribution in [0.25, 0.3) is 22.2 Å². The Morgan fingerprint density at radius 3 is 2.59 bits per heavy atom. The third kappa shape index (κ3) is 7.90. The molecule has 0 bridgehead atoms. The van der Waals surface area contributed by atoms with Crippen LogP contribution in [0.1, 0.15) is 63.7 Å². The summed E-state index contributed by atoms with van der Waals surface area (Å²) in [6, 6.07) is 13.3. The number of hydrogen-bond acceptors (Lipinski definition) is 6. The fraction of sp³-hybridized carbons (Fsp3) is 0.483. The van der Waals surface area contributed by atoms with Gasteiger partial charge in [-0.3, -0.25) is 14.4 Å². The predicted octanol–water partition coefficient (Wildman–Crippen LogP) is 5.20. The number of fused-ring (bicyclic) bond motifs is 1. The molecular weight excluding hydrogens is 539 g/mol. The average Bonchev–Trinajstić information content (AvgIpc) is 3.59. The molecule has 3 atom stereocenters. The van der Waals surface area contributed by atoms with Gasteiger partial charge in [0, 0.05) is 24.8 Å². The minimum absolute atomic E-state index is 0.0712. The molecule has 3 aromatic rings. The molecule has 220 valence electrons. The number of aromatic amines is 1. The van der Waals surface area contributed by atoms with Crippen molar-refractivity contribution in [2.24, 2.45) is 5.92 Å². The van der Waals surface area contributed by atoms with Crippen molar-refractivity contribution in [3.63, 3.8) is 0 Å². The first-order valence-electron chi connectivity index (χ1n) is 13.9. The lowest BCUT2D eigenvalue weighted by Crippen LogP contribution is -2.47. The lowest BCUT2D eigenvalue weighted by molar-refractivity contribution is -1.07.